The normalized spacial score (nSPS) is 14.6. The molecule has 0 heterocycles. The Kier molecular flexibility index (Phi) is 10.0. The minimum absolute atomic E-state index is 0.00829. The number of phosphoric acid groups is 1. The molecule has 0 fully saturated rings. The molecule has 0 saturated carbocycles. The molecule has 0 aromatic carbocycles. The van der Waals surface area contributed by atoms with E-state index in [9.17, 15) is 19.0 Å². The third-order valence-electron chi connectivity index (χ3n) is 2.39. The summed E-state index contributed by atoms with van der Waals surface area (Å²) in [5.41, 5.74) is 0. The monoisotopic (exact) mass is 367 g/mol. The number of carbonyl (C=O) groups is 2. The van der Waals surface area contributed by atoms with E-state index in [1.165, 1.54) is 0 Å². The van der Waals surface area contributed by atoms with Crippen LogP contribution in [-0.4, -0.2) is 74.8 Å². The summed E-state index contributed by atoms with van der Waals surface area (Å²) >= 11 is 0. The summed E-state index contributed by atoms with van der Waals surface area (Å²) < 4.78 is 26.5. The van der Waals surface area contributed by atoms with Crippen LogP contribution in [0.4, 0.5) is 0 Å². The SMILES string of the molecule is CC(C)OC(=O)/C=C/C(=O)NCCOP(=O)(O)OCC[N+](C)(C)C. The number of nitrogens with one attached hydrogen (secondary N) is 1. The third-order valence-corrected chi connectivity index (χ3v) is 3.41. The molecule has 1 atom stereocenters. The highest BCUT2D eigenvalue weighted by Gasteiger charge is 2.22. The van der Waals surface area contributed by atoms with E-state index >= 15 is 0 Å². The summed E-state index contributed by atoms with van der Waals surface area (Å²) in [6.45, 7) is 3.80. The summed E-state index contributed by atoms with van der Waals surface area (Å²) in [6.07, 6.45) is 1.75. The molecule has 24 heavy (non-hydrogen) atoms. The number of phosphoric ester groups is 1. The first-order chi connectivity index (χ1) is 10.9. The maximum atomic E-state index is 11.6. The van der Waals surface area contributed by atoms with Gasteiger partial charge in [0.05, 0.1) is 33.9 Å². The van der Waals surface area contributed by atoms with Gasteiger partial charge in [0.1, 0.15) is 13.2 Å². The highest BCUT2D eigenvalue weighted by atomic mass is 31.2. The summed E-state index contributed by atoms with van der Waals surface area (Å²) in [5, 5.41) is 2.39. The highest BCUT2D eigenvalue weighted by molar-refractivity contribution is 7.47. The van der Waals surface area contributed by atoms with E-state index in [-0.39, 0.29) is 25.9 Å². The van der Waals surface area contributed by atoms with Gasteiger partial charge < -0.3 is 19.4 Å². The molecule has 10 heteroatoms. The van der Waals surface area contributed by atoms with Gasteiger partial charge in [-0.1, -0.05) is 0 Å². The number of quaternary nitrogens is 1. The maximum absolute atomic E-state index is 11.6. The third kappa shape index (κ3) is 14.3. The molecule has 0 aliphatic heterocycles. The molecule has 0 aromatic rings. The summed E-state index contributed by atoms with van der Waals surface area (Å²) in [6, 6.07) is 0. The van der Waals surface area contributed by atoms with E-state index in [4.69, 9.17) is 13.8 Å². The van der Waals surface area contributed by atoms with Crippen LogP contribution in [0.25, 0.3) is 0 Å². The zero-order chi connectivity index (χ0) is 18.8. The highest BCUT2D eigenvalue weighted by Crippen LogP contribution is 2.42. The minimum Gasteiger partial charge on any atom is -0.460 e. The topological polar surface area (TPSA) is 111 Å². The predicted molar refractivity (Wildman–Crippen MR) is 88.0 cm³/mol. The molecule has 0 rings (SSSR count). The average molecular weight is 367 g/mol. The van der Waals surface area contributed by atoms with E-state index in [0.29, 0.717) is 11.0 Å². The number of ether oxygens (including phenoxy) is 1. The molecule has 1 amide bonds. The van der Waals surface area contributed by atoms with E-state index in [0.717, 1.165) is 12.2 Å². The quantitative estimate of drug-likeness (QED) is 0.179. The summed E-state index contributed by atoms with van der Waals surface area (Å²) in [4.78, 5) is 32.1. The Morgan fingerprint density at radius 3 is 2.29 bits per heavy atom. The molecule has 0 aromatic heterocycles. The maximum Gasteiger partial charge on any atom is 0.472 e. The largest absolute Gasteiger partial charge is 0.472 e. The lowest BCUT2D eigenvalue weighted by Gasteiger charge is -2.24. The molecule has 9 nitrogen and oxygen atoms in total. The lowest BCUT2D eigenvalue weighted by atomic mass is 10.4. The molecular weight excluding hydrogens is 339 g/mol. The van der Waals surface area contributed by atoms with E-state index < -0.39 is 19.7 Å². The van der Waals surface area contributed by atoms with Crippen molar-refractivity contribution >= 4 is 19.7 Å². The van der Waals surface area contributed by atoms with E-state index in [1.807, 2.05) is 21.1 Å². The molecule has 2 N–H and O–H groups in total. The van der Waals surface area contributed by atoms with Gasteiger partial charge in [-0.25, -0.2) is 9.36 Å². The van der Waals surface area contributed by atoms with Gasteiger partial charge in [0.25, 0.3) is 0 Å². The first-order valence-corrected chi connectivity index (χ1v) is 9.00. The van der Waals surface area contributed by atoms with E-state index in [2.05, 4.69) is 5.32 Å². The van der Waals surface area contributed by atoms with Gasteiger partial charge >= 0.3 is 13.8 Å². The van der Waals surface area contributed by atoms with Crippen molar-refractivity contribution in [2.24, 2.45) is 0 Å². The zero-order valence-corrected chi connectivity index (χ0v) is 15.7. The number of hydrogen-bond donors (Lipinski definition) is 2. The van der Waals surface area contributed by atoms with Crippen molar-refractivity contribution < 1.29 is 37.3 Å². The molecule has 0 aliphatic rings. The van der Waals surface area contributed by atoms with Crippen LogP contribution < -0.4 is 5.32 Å². The van der Waals surface area contributed by atoms with Crippen LogP contribution in [0.3, 0.4) is 0 Å². The molecule has 0 aliphatic carbocycles. The van der Waals surface area contributed by atoms with Crippen LogP contribution in [0.15, 0.2) is 12.2 Å². The fourth-order valence-electron chi connectivity index (χ4n) is 1.28. The van der Waals surface area contributed by atoms with Gasteiger partial charge in [0.15, 0.2) is 0 Å². The number of likely N-dealkylation sites (N-methyl/N-ethyl adjacent to an activating group) is 1. The number of carbonyl (C=O) groups excluding carboxylic acids is 2. The second-order valence-electron chi connectivity index (χ2n) is 6.26. The van der Waals surface area contributed by atoms with Gasteiger partial charge in [0.2, 0.25) is 5.91 Å². The van der Waals surface area contributed by atoms with Crippen molar-refractivity contribution in [2.45, 2.75) is 20.0 Å². The Morgan fingerprint density at radius 1 is 1.17 bits per heavy atom. The Hall–Kier alpha value is -1.25. The second kappa shape index (κ2) is 10.6. The van der Waals surface area contributed by atoms with Gasteiger partial charge in [-0.2, -0.15) is 0 Å². The van der Waals surface area contributed by atoms with Crippen molar-refractivity contribution in [1.29, 1.82) is 0 Å². The molecule has 140 valence electrons. The molecule has 1 unspecified atom stereocenters. The van der Waals surface area contributed by atoms with Crippen LogP contribution in [0, 0.1) is 0 Å². The van der Waals surface area contributed by atoms with Crippen LogP contribution in [-0.2, 0) is 27.9 Å². The lowest BCUT2D eigenvalue weighted by molar-refractivity contribution is -0.870. The van der Waals surface area contributed by atoms with Crippen molar-refractivity contribution in [1.82, 2.24) is 5.32 Å². The first kappa shape index (κ1) is 22.8. The lowest BCUT2D eigenvalue weighted by Crippen LogP contribution is -2.37. The Bertz CT molecular complexity index is 486. The number of nitrogens with zero attached hydrogens (tertiary/aromatic N) is 1. The van der Waals surface area contributed by atoms with Crippen LogP contribution in [0.1, 0.15) is 13.8 Å². The molecule has 0 radical (unpaired) electrons. The van der Waals surface area contributed by atoms with Gasteiger partial charge in [0, 0.05) is 18.7 Å². The van der Waals surface area contributed by atoms with E-state index in [1.54, 1.807) is 13.8 Å². The van der Waals surface area contributed by atoms with Crippen molar-refractivity contribution in [3.63, 3.8) is 0 Å². The van der Waals surface area contributed by atoms with Crippen LogP contribution in [0.5, 0.6) is 0 Å². The molecule has 0 saturated heterocycles. The molecule has 0 bridgehead atoms. The summed E-state index contributed by atoms with van der Waals surface area (Å²) in [5.74, 6) is -1.17. The van der Waals surface area contributed by atoms with Gasteiger partial charge in [-0.15, -0.1) is 0 Å². The summed E-state index contributed by atoms with van der Waals surface area (Å²) in [7, 11) is 1.63. The van der Waals surface area contributed by atoms with Crippen molar-refractivity contribution in [2.75, 3.05) is 47.4 Å². The molecular formula is C14H28N2O7P+. The number of hydrogen-bond acceptors (Lipinski definition) is 6. The fourth-order valence-corrected chi connectivity index (χ4v) is 1.99. The number of amides is 1. The predicted octanol–water partition coefficient (Wildman–Crippen LogP) is 0.450. The Morgan fingerprint density at radius 2 is 1.75 bits per heavy atom. The Balaban J connectivity index is 3.94. The van der Waals surface area contributed by atoms with Gasteiger partial charge in [-0.3, -0.25) is 13.8 Å². The van der Waals surface area contributed by atoms with Crippen LogP contribution >= 0.6 is 7.82 Å². The van der Waals surface area contributed by atoms with Crippen molar-refractivity contribution in [3.05, 3.63) is 12.2 Å². The van der Waals surface area contributed by atoms with Crippen LogP contribution in [0.2, 0.25) is 0 Å². The second-order valence-corrected chi connectivity index (χ2v) is 7.71. The number of esters is 1. The van der Waals surface area contributed by atoms with Crippen molar-refractivity contribution in [3.8, 4) is 0 Å². The smallest absolute Gasteiger partial charge is 0.460 e. The zero-order valence-electron chi connectivity index (χ0n) is 14.9. The first-order valence-electron chi connectivity index (χ1n) is 7.50. The molecule has 0 spiro atoms. The number of rotatable bonds is 11. The Labute approximate surface area is 142 Å². The minimum atomic E-state index is -4.14. The standard InChI is InChI=1S/C14H27N2O7P/c1-12(2)23-14(18)7-6-13(17)15-8-10-21-24(19,20)22-11-9-16(3,4)5/h6-7,12H,8-11H2,1-5H3,(H-,15,17,19,20)/p+1/b7-6+. The van der Waals surface area contributed by atoms with Gasteiger partial charge in [-0.05, 0) is 13.8 Å². The average Bonchev–Trinajstić information content (AvgIpc) is 2.39. The fraction of sp³-hybridized carbons (Fsp3) is 0.714.